The smallest absolute Gasteiger partial charge is 0.223 e. The number of amides is 1. The van der Waals surface area contributed by atoms with Gasteiger partial charge in [0.25, 0.3) is 0 Å². The highest BCUT2D eigenvalue weighted by Crippen LogP contribution is 2.21. The molecule has 1 fully saturated rings. The average molecular weight is 276 g/mol. The monoisotopic (exact) mass is 276 g/mol. The molecule has 2 N–H and O–H groups in total. The molecule has 4 heteroatoms. The molecule has 20 heavy (non-hydrogen) atoms. The van der Waals surface area contributed by atoms with Gasteiger partial charge in [0.15, 0.2) is 0 Å². The van der Waals surface area contributed by atoms with Gasteiger partial charge >= 0.3 is 0 Å². The molecule has 1 aromatic carbocycles. The van der Waals surface area contributed by atoms with Gasteiger partial charge in [-0.1, -0.05) is 19.1 Å². The Labute approximate surface area is 120 Å². The molecular formula is C16H24N2O2. The van der Waals surface area contributed by atoms with Crippen molar-refractivity contribution in [2.24, 2.45) is 0 Å². The highest BCUT2D eigenvalue weighted by molar-refractivity contribution is 5.77. The minimum atomic E-state index is 0.133. The number of carbonyl (C=O) groups excluding carboxylic acids is 1. The predicted molar refractivity (Wildman–Crippen MR) is 80.5 cm³/mol. The highest BCUT2D eigenvalue weighted by atomic mass is 16.5. The van der Waals surface area contributed by atoms with Crippen molar-refractivity contribution < 1.29 is 9.53 Å². The fourth-order valence-electron chi connectivity index (χ4n) is 2.55. The van der Waals surface area contributed by atoms with E-state index in [4.69, 9.17) is 10.5 Å². The SMILES string of the molecule is CC1CN(C(=O)CC(C)c2ccc(N)cc2)CCCO1. The first-order valence-electron chi connectivity index (χ1n) is 7.31. The molecule has 2 unspecified atom stereocenters. The molecule has 0 saturated carbocycles. The molecule has 1 aliphatic rings. The van der Waals surface area contributed by atoms with E-state index in [1.807, 2.05) is 36.1 Å². The van der Waals surface area contributed by atoms with E-state index in [-0.39, 0.29) is 17.9 Å². The number of nitrogens with zero attached hydrogens (tertiary/aromatic N) is 1. The Bertz CT molecular complexity index is 444. The second-order valence-electron chi connectivity index (χ2n) is 5.65. The van der Waals surface area contributed by atoms with Crippen LogP contribution in [-0.2, 0) is 9.53 Å². The van der Waals surface area contributed by atoms with Crippen molar-refractivity contribution in [1.29, 1.82) is 0 Å². The summed E-state index contributed by atoms with van der Waals surface area (Å²) in [5.41, 5.74) is 7.60. The number of rotatable bonds is 3. The maximum atomic E-state index is 12.4. The third-order valence-corrected chi connectivity index (χ3v) is 3.79. The van der Waals surface area contributed by atoms with Gasteiger partial charge in [0, 0.05) is 31.8 Å². The number of anilines is 1. The second-order valence-corrected chi connectivity index (χ2v) is 5.65. The van der Waals surface area contributed by atoms with Gasteiger partial charge in [-0.05, 0) is 37.0 Å². The van der Waals surface area contributed by atoms with E-state index in [0.717, 1.165) is 30.8 Å². The summed E-state index contributed by atoms with van der Waals surface area (Å²) in [4.78, 5) is 14.3. The molecule has 0 aliphatic carbocycles. The molecule has 2 rings (SSSR count). The summed E-state index contributed by atoms with van der Waals surface area (Å²) in [6, 6.07) is 7.78. The Morgan fingerprint density at radius 1 is 1.45 bits per heavy atom. The summed E-state index contributed by atoms with van der Waals surface area (Å²) in [6.07, 6.45) is 1.59. The third kappa shape index (κ3) is 3.97. The zero-order chi connectivity index (χ0) is 14.5. The van der Waals surface area contributed by atoms with Crippen LogP contribution < -0.4 is 5.73 Å². The Hall–Kier alpha value is -1.55. The van der Waals surface area contributed by atoms with Crippen LogP contribution in [0.4, 0.5) is 5.69 Å². The van der Waals surface area contributed by atoms with Crippen LogP contribution in [0.1, 0.15) is 38.2 Å². The van der Waals surface area contributed by atoms with Gasteiger partial charge in [-0.25, -0.2) is 0 Å². The van der Waals surface area contributed by atoms with Crippen molar-refractivity contribution in [2.45, 2.75) is 38.7 Å². The number of hydrogen-bond acceptors (Lipinski definition) is 3. The maximum Gasteiger partial charge on any atom is 0.223 e. The summed E-state index contributed by atoms with van der Waals surface area (Å²) >= 11 is 0. The number of nitrogen functional groups attached to an aromatic ring is 1. The Morgan fingerprint density at radius 2 is 2.15 bits per heavy atom. The van der Waals surface area contributed by atoms with E-state index in [0.29, 0.717) is 13.0 Å². The molecule has 1 heterocycles. The molecule has 0 aromatic heterocycles. The van der Waals surface area contributed by atoms with E-state index < -0.39 is 0 Å². The number of ether oxygens (including phenoxy) is 1. The van der Waals surface area contributed by atoms with Crippen LogP contribution in [0.5, 0.6) is 0 Å². The first-order valence-corrected chi connectivity index (χ1v) is 7.31. The first-order chi connectivity index (χ1) is 9.56. The first kappa shape index (κ1) is 14.9. The molecule has 1 amide bonds. The van der Waals surface area contributed by atoms with Gasteiger partial charge in [0.2, 0.25) is 5.91 Å². The summed E-state index contributed by atoms with van der Waals surface area (Å²) in [5.74, 6) is 0.425. The summed E-state index contributed by atoms with van der Waals surface area (Å²) < 4.78 is 5.58. The van der Waals surface area contributed by atoms with Crippen LogP contribution in [0, 0.1) is 0 Å². The van der Waals surface area contributed by atoms with Crippen LogP contribution in [0.2, 0.25) is 0 Å². The van der Waals surface area contributed by atoms with E-state index >= 15 is 0 Å². The lowest BCUT2D eigenvalue weighted by Gasteiger charge is -2.24. The lowest BCUT2D eigenvalue weighted by atomic mass is 9.97. The third-order valence-electron chi connectivity index (χ3n) is 3.79. The normalized spacial score (nSPS) is 21.3. The number of benzene rings is 1. The fraction of sp³-hybridized carbons (Fsp3) is 0.562. The lowest BCUT2D eigenvalue weighted by molar-refractivity contribution is -0.132. The van der Waals surface area contributed by atoms with Gasteiger partial charge in [-0.2, -0.15) is 0 Å². The van der Waals surface area contributed by atoms with Crippen molar-refractivity contribution in [1.82, 2.24) is 4.90 Å². The van der Waals surface area contributed by atoms with E-state index in [9.17, 15) is 4.79 Å². The minimum absolute atomic E-state index is 0.133. The van der Waals surface area contributed by atoms with Gasteiger partial charge in [-0.15, -0.1) is 0 Å². The maximum absolute atomic E-state index is 12.4. The Morgan fingerprint density at radius 3 is 2.85 bits per heavy atom. The molecule has 0 radical (unpaired) electrons. The number of nitrogens with two attached hydrogens (primary N) is 1. The molecular weight excluding hydrogens is 252 g/mol. The molecule has 1 aliphatic heterocycles. The zero-order valence-corrected chi connectivity index (χ0v) is 12.3. The van der Waals surface area contributed by atoms with Crippen molar-refractivity contribution in [3.63, 3.8) is 0 Å². The molecule has 2 atom stereocenters. The van der Waals surface area contributed by atoms with Crippen molar-refractivity contribution in [3.05, 3.63) is 29.8 Å². The number of carbonyl (C=O) groups is 1. The van der Waals surface area contributed by atoms with E-state index in [1.54, 1.807) is 0 Å². The van der Waals surface area contributed by atoms with Gasteiger partial charge in [-0.3, -0.25) is 4.79 Å². The van der Waals surface area contributed by atoms with Gasteiger partial charge < -0.3 is 15.4 Å². The summed E-state index contributed by atoms with van der Waals surface area (Å²) in [5, 5.41) is 0. The predicted octanol–water partition coefficient (Wildman–Crippen LogP) is 2.40. The van der Waals surface area contributed by atoms with Crippen LogP contribution in [-0.4, -0.2) is 36.6 Å². The number of hydrogen-bond donors (Lipinski definition) is 1. The zero-order valence-electron chi connectivity index (χ0n) is 12.3. The molecule has 4 nitrogen and oxygen atoms in total. The van der Waals surface area contributed by atoms with Crippen LogP contribution >= 0.6 is 0 Å². The standard InChI is InChI=1S/C16H24N2O2/c1-12(14-4-6-15(17)7-5-14)10-16(19)18-8-3-9-20-13(2)11-18/h4-7,12-13H,3,8-11,17H2,1-2H3. The average Bonchev–Trinajstić information content (AvgIpc) is 2.64. The largest absolute Gasteiger partial charge is 0.399 e. The fourth-order valence-corrected chi connectivity index (χ4v) is 2.55. The van der Waals surface area contributed by atoms with Gasteiger partial charge in [0.05, 0.1) is 6.10 Å². The summed E-state index contributed by atoms with van der Waals surface area (Å²) in [7, 11) is 0. The topological polar surface area (TPSA) is 55.6 Å². The molecule has 110 valence electrons. The quantitative estimate of drug-likeness (QED) is 0.862. The van der Waals surface area contributed by atoms with Crippen LogP contribution in [0.3, 0.4) is 0 Å². The Kier molecular flexibility index (Phi) is 5.01. The van der Waals surface area contributed by atoms with Crippen LogP contribution in [0.25, 0.3) is 0 Å². The van der Waals surface area contributed by atoms with E-state index in [1.165, 1.54) is 0 Å². The highest BCUT2D eigenvalue weighted by Gasteiger charge is 2.21. The molecule has 1 aromatic rings. The van der Waals surface area contributed by atoms with Gasteiger partial charge in [0.1, 0.15) is 0 Å². The minimum Gasteiger partial charge on any atom is -0.399 e. The lowest BCUT2D eigenvalue weighted by Crippen LogP contribution is -2.36. The summed E-state index contributed by atoms with van der Waals surface area (Å²) in [6.45, 7) is 6.36. The molecule has 0 spiro atoms. The van der Waals surface area contributed by atoms with Crippen molar-refractivity contribution in [3.8, 4) is 0 Å². The van der Waals surface area contributed by atoms with Crippen LogP contribution in [0.15, 0.2) is 24.3 Å². The Balaban J connectivity index is 1.94. The molecule has 1 saturated heterocycles. The van der Waals surface area contributed by atoms with E-state index in [2.05, 4.69) is 6.92 Å². The molecule has 0 bridgehead atoms. The van der Waals surface area contributed by atoms with Crippen molar-refractivity contribution in [2.75, 3.05) is 25.4 Å². The second kappa shape index (κ2) is 6.75. The van der Waals surface area contributed by atoms with Crippen molar-refractivity contribution >= 4 is 11.6 Å².